The number of carbonyl (C=O) groups excluding carboxylic acids is 1. The Morgan fingerprint density at radius 3 is 2.93 bits per heavy atom. The zero-order valence-corrected chi connectivity index (χ0v) is 10.1. The summed E-state index contributed by atoms with van der Waals surface area (Å²) in [6.07, 6.45) is -0.150. The van der Waals surface area contributed by atoms with Crippen molar-refractivity contribution < 1.29 is 9.53 Å². The van der Waals surface area contributed by atoms with Gasteiger partial charge in [0.25, 0.3) is 0 Å². The van der Waals surface area contributed by atoms with Gasteiger partial charge < -0.3 is 10.1 Å². The van der Waals surface area contributed by atoms with Gasteiger partial charge in [-0.15, -0.1) is 0 Å². The fourth-order valence-electron chi connectivity index (χ4n) is 1.46. The number of morpholine rings is 1. The number of benzene rings is 1. The number of carbonyl (C=O) groups is 1. The van der Waals surface area contributed by atoms with Gasteiger partial charge in [0.2, 0.25) is 5.91 Å². The summed E-state index contributed by atoms with van der Waals surface area (Å²) in [4.78, 5) is 10.9. The van der Waals surface area contributed by atoms with Crippen LogP contribution in [0, 0.1) is 0 Å². The number of nitrogens with one attached hydrogen (secondary N) is 1. The van der Waals surface area contributed by atoms with Crippen molar-refractivity contribution in [1.82, 2.24) is 5.32 Å². The third-order valence-electron chi connectivity index (χ3n) is 2.21. The molecule has 80 valence electrons. The largest absolute Gasteiger partial charge is 0.362 e. The van der Waals surface area contributed by atoms with Crippen LogP contribution in [0.5, 0.6) is 0 Å². The number of rotatable bonds is 1. The highest BCUT2D eigenvalue weighted by atomic mass is 79.9. The van der Waals surface area contributed by atoms with E-state index in [9.17, 15) is 4.79 Å². The van der Waals surface area contributed by atoms with Crippen LogP contribution in [0.3, 0.4) is 0 Å². The summed E-state index contributed by atoms with van der Waals surface area (Å²) >= 11 is 9.41. The van der Waals surface area contributed by atoms with Crippen molar-refractivity contribution in [2.24, 2.45) is 0 Å². The second kappa shape index (κ2) is 4.51. The van der Waals surface area contributed by atoms with Gasteiger partial charge in [-0.1, -0.05) is 33.6 Å². The third kappa shape index (κ3) is 2.51. The standard InChI is InChI=1S/C10H9BrClNO2/c11-6-1-2-7(8(12)3-6)9-4-13-10(14)5-15-9/h1-3,9H,4-5H2,(H,13,14)/t9-/m1/s1. The fourth-order valence-corrected chi connectivity index (χ4v) is 2.25. The lowest BCUT2D eigenvalue weighted by molar-refractivity contribution is -0.133. The van der Waals surface area contributed by atoms with E-state index in [-0.39, 0.29) is 18.6 Å². The molecule has 1 aliphatic heterocycles. The maximum absolute atomic E-state index is 10.9. The highest BCUT2D eigenvalue weighted by Crippen LogP contribution is 2.29. The van der Waals surface area contributed by atoms with Gasteiger partial charge in [-0.2, -0.15) is 0 Å². The van der Waals surface area contributed by atoms with E-state index < -0.39 is 0 Å². The van der Waals surface area contributed by atoms with Crippen LogP contribution < -0.4 is 5.32 Å². The molecule has 0 aliphatic carbocycles. The molecule has 1 atom stereocenters. The van der Waals surface area contributed by atoms with Gasteiger partial charge in [0.05, 0.1) is 0 Å². The minimum absolute atomic E-state index is 0.0838. The van der Waals surface area contributed by atoms with Crippen molar-refractivity contribution in [2.75, 3.05) is 13.2 Å². The molecule has 0 saturated carbocycles. The molecule has 1 aliphatic rings. The van der Waals surface area contributed by atoms with Gasteiger partial charge in [0.15, 0.2) is 0 Å². The highest BCUT2D eigenvalue weighted by Gasteiger charge is 2.21. The first kappa shape index (κ1) is 10.9. The maximum atomic E-state index is 10.9. The average Bonchev–Trinajstić information content (AvgIpc) is 2.20. The monoisotopic (exact) mass is 289 g/mol. The average molecular weight is 291 g/mol. The van der Waals surface area contributed by atoms with Crippen LogP contribution in [0.1, 0.15) is 11.7 Å². The first-order valence-corrected chi connectivity index (χ1v) is 5.67. The van der Waals surface area contributed by atoms with Gasteiger partial charge in [-0.05, 0) is 12.1 Å². The first-order chi connectivity index (χ1) is 7.16. The van der Waals surface area contributed by atoms with Crippen LogP contribution in [0.4, 0.5) is 0 Å². The summed E-state index contributed by atoms with van der Waals surface area (Å²) in [6.45, 7) is 0.567. The molecule has 0 spiro atoms. The molecule has 1 saturated heterocycles. The molecule has 1 N–H and O–H groups in total. The normalized spacial score (nSPS) is 21.2. The minimum Gasteiger partial charge on any atom is -0.362 e. The Hall–Kier alpha value is -0.580. The van der Waals surface area contributed by atoms with E-state index in [0.29, 0.717) is 11.6 Å². The number of hydrogen-bond donors (Lipinski definition) is 1. The highest BCUT2D eigenvalue weighted by molar-refractivity contribution is 9.10. The lowest BCUT2D eigenvalue weighted by Crippen LogP contribution is -2.38. The summed E-state index contributed by atoms with van der Waals surface area (Å²) in [5.74, 6) is -0.0838. The summed E-state index contributed by atoms with van der Waals surface area (Å²) in [6, 6.07) is 5.62. The SMILES string of the molecule is O=C1CO[C@@H](c2ccc(Br)cc2Cl)CN1. The molecule has 0 radical (unpaired) electrons. The topological polar surface area (TPSA) is 38.3 Å². The van der Waals surface area contributed by atoms with Crippen molar-refractivity contribution in [3.8, 4) is 0 Å². The van der Waals surface area contributed by atoms with E-state index in [1.54, 1.807) is 0 Å². The molecule has 1 fully saturated rings. The molecule has 0 aromatic heterocycles. The van der Waals surface area contributed by atoms with E-state index in [1.807, 2.05) is 18.2 Å². The Balaban J connectivity index is 2.19. The van der Waals surface area contributed by atoms with Gasteiger partial charge in [-0.3, -0.25) is 4.79 Å². The van der Waals surface area contributed by atoms with Crippen LogP contribution in [-0.4, -0.2) is 19.1 Å². The van der Waals surface area contributed by atoms with E-state index in [0.717, 1.165) is 10.0 Å². The summed E-state index contributed by atoms with van der Waals surface area (Å²) in [7, 11) is 0. The number of ether oxygens (including phenoxy) is 1. The summed E-state index contributed by atoms with van der Waals surface area (Å²) < 4.78 is 6.31. The quantitative estimate of drug-likeness (QED) is 0.862. The van der Waals surface area contributed by atoms with Crippen molar-refractivity contribution in [2.45, 2.75) is 6.10 Å². The van der Waals surface area contributed by atoms with Crippen LogP contribution >= 0.6 is 27.5 Å². The molecule has 0 unspecified atom stereocenters. The first-order valence-electron chi connectivity index (χ1n) is 4.50. The molecular formula is C10H9BrClNO2. The van der Waals surface area contributed by atoms with Gasteiger partial charge in [-0.25, -0.2) is 0 Å². The lowest BCUT2D eigenvalue weighted by atomic mass is 10.1. The second-order valence-corrected chi connectivity index (χ2v) is 4.59. The minimum atomic E-state index is -0.150. The lowest BCUT2D eigenvalue weighted by Gasteiger charge is -2.24. The van der Waals surface area contributed by atoms with Crippen molar-refractivity contribution in [3.63, 3.8) is 0 Å². The predicted molar refractivity (Wildman–Crippen MR) is 60.9 cm³/mol. The molecule has 0 bridgehead atoms. The molecule has 1 heterocycles. The van der Waals surface area contributed by atoms with Crippen molar-refractivity contribution >= 4 is 33.4 Å². The Morgan fingerprint density at radius 2 is 2.33 bits per heavy atom. The van der Waals surface area contributed by atoms with Crippen molar-refractivity contribution in [3.05, 3.63) is 33.3 Å². The van der Waals surface area contributed by atoms with E-state index in [4.69, 9.17) is 16.3 Å². The van der Waals surface area contributed by atoms with Crippen LogP contribution in [0.2, 0.25) is 5.02 Å². The third-order valence-corrected chi connectivity index (χ3v) is 3.03. The molecule has 15 heavy (non-hydrogen) atoms. The molecule has 3 nitrogen and oxygen atoms in total. The zero-order valence-electron chi connectivity index (χ0n) is 7.80. The fraction of sp³-hybridized carbons (Fsp3) is 0.300. The molecular weight excluding hydrogens is 281 g/mol. The van der Waals surface area contributed by atoms with Crippen LogP contribution in [-0.2, 0) is 9.53 Å². The van der Waals surface area contributed by atoms with E-state index >= 15 is 0 Å². The van der Waals surface area contributed by atoms with E-state index in [1.165, 1.54) is 0 Å². The van der Waals surface area contributed by atoms with Crippen LogP contribution in [0.25, 0.3) is 0 Å². The zero-order chi connectivity index (χ0) is 10.8. The molecule has 2 rings (SSSR count). The van der Waals surface area contributed by atoms with Gasteiger partial charge in [0, 0.05) is 21.6 Å². The van der Waals surface area contributed by atoms with E-state index in [2.05, 4.69) is 21.2 Å². The number of hydrogen-bond acceptors (Lipinski definition) is 2. The summed E-state index contributed by atoms with van der Waals surface area (Å²) in [5, 5.41) is 3.38. The smallest absolute Gasteiger partial charge is 0.246 e. The Morgan fingerprint density at radius 1 is 1.53 bits per heavy atom. The Labute approximate surface area is 101 Å². The van der Waals surface area contributed by atoms with Crippen molar-refractivity contribution in [1.29, 1.82) is 0 Å². The maximum Gasteiger partial charge on any atom is 0.246 e. The number of halogens is 2. The molecule has 5 heteroatoms. The number of amides is 1. The van der Waals surface area contributed by atoms with Gasteiger partial charge >= 0.3 is 0 Å². The Kier molecular flexibility index (Phi) is 3.29. The Bertz CT molecular complexity index is 387. The second-order valence-electron chi connectivity index (χ2n) is 3.27. The van der Waals surface area contributed by atoms with Gasteiger partial charge in [0.1, 0.15) is 12.7 Å². The molecule has 1 aromatic carbocycles. The predicted octanol–water partition coefficient (Wildman–Crippen LogP) is 2.29. The molecule has 1 amide bonds. The molecule has 1 aromatic rings. The summed E-state index contributed by atoms with van der Waals surface area (Å²) in [5.41, 5.74) is 0.903. The van der Waals surface area contributed by atoms with Crippen LogP contribution in [0.15, 0.2) is 22.7 Å².